The summed E-state index contributed by atoms with van der Waals surface area (Å²) in [5.74, 6) is 0. The predicted molar refractivity (Wildman–Crippen MR) is 70.4 cm³/mol. The topological polar surface area (TPSA) is 41.5 Å². The second kappa shape index (κ2) is 6.56. The van der Waals surface area contributed by atoms with Gasteiger partial charge in [0.15, 0.2) is 0 Å². The summed E-state index contributed by atoms with van der Waals surface area (Å²) in [6.07, 6.45) is -5.06. The van der Waals surface area contributed by atoms with E-state index in [1.807, 2.05) is 0 Å². The molecular formula is C14H20F3NO2. The van der Waals surface area contributed by atoms with Crippen molar-refractivity contribution in [3.05, 3.63) is 35.4 Å². The van der Waals surface area contributed by atoms with E-state index in [4.69, 9.17) is 4.74 Å². The van der Waals surface area contributed by atoms with Crippen LogP contribution >= 0.6 is 0 Å². The molecular weight excluding hydrogens is 271 g/mol. The minimum Gasteiger partial charge on any atom is -0.389 e. The van der Waals surface area contributed by atoms with Crippen LogP contribution in [0.25, 0.3) is 0 Å². The minimum atomic E-state index is -4.36. The Labute approximate surface area is 116 Å². The van der Waals surface area contributed by atoms with Crippen molar-refractivity contribution >= 4 is 0 Å². The normalized spacial score (nSPS) is 14.3. The number of halogens is 3. The fourth-order valence-corrected chi connectivity index (χ4v) is 1.81. The summed E-state index contributed by atoms with van der Waals surface area (Å²) in [6.45, 7) is 3.94. The Morgan fingerprint density at radius 2 is 1.85 bits per heavy atom. The number of aliphatic hydroxyl groups is 1. The lowest BCUT2D eigenvalue weighted by Gasteiger charge is -2.29. The third-order valence-corrected chi connectivity index (χ3v) is 3.05. The molecule has 0 aliphatic heterocycles. The van der Waals surface area contributed by atoms with Crippen LogP contribution in [0.4, 0.5) is 13.2 Å². The lowest BCUT2D eigenvalue weighted by atomic mass is 9.92. The quantitative estimate of drug-likeness (QED) is 0.846. The zero-order valence-electron chi connectivity index (χ0n) is 11.8. The van der Waals surface area contributed by atoms with E-state index in [2.05, 4.69) is 5.32 Å². The van der Waals surface area contributed by atoms with Gasteiger partial charge in [-0.05, 0) is 31.5 Å². The van der Waals surface area contributed by atoms with Crippen LogP contribution in [-0.2, 0) is 16.5 Å². The van der Waals surface area contributed by atoms with E-state index in [0.717, 1.165) is 12.1 Å². The van der Waals surface area contributed by atoms with E-state index in [1.54, 1.807) is 19.9 Å². The van der Waals surface area contributed by atoms with Crippen molar-refractivity contribution in [2.24, 2.45) is 0 Å². The highest BCUT2D eigenvalue weighted by Crippen LogP contribution is 2.31. The molecule has 0 saturated heterocycles. The van der Waals surface area contributed by atoms with Crippen LogP contribution < -0.4 is 5.32 Å². The van der Waals surface area contributed by atoms with Gasteiger partial charge in [0.05, 0.1) is 18.3 Å². The minimum absolute atomic E-state index is 0.172. The van der Waals surface area contributed by atoms with Crippen molar-refractivity contribution in [3.63, 3.8) is 0 Å². The maximum absolute atomic E-state index is 12.7. The number of nitrogens with one attached hydrogen (secondary N) is 1. The molecule has 6 heteroatoms. The van der Waals surface area contributed by atoms with Crippen LogP contribution in [0.2, 0.25) is 0 Å². The number of hydrogen-bond acceptors (Lipinski definition) is 3. The molecule has 0 unspecified atom stereocenters. The average Bonchev–Trinajstić information content (AvgIpc) is 2.36. The van der Waals surface area contributed by atoms with Gasteiger partial charge in [0.2, 0.25) is 0 Å². The second-order valence-electron chi connectivity index (χ2n) is 5.19. The van der Waals surface area contributed by atoms with Gasteiger partial charge >= 0.3 is 6.18 Å². The molecule has 0 fully saturated rings. The van der Waals surface area contributed by atoms with Crippen molar-refractivity contribution in [2.75, 3.05) is 20.3 Å². The van der Waals surface area contributed by atoms with Crippen LogP contribution in [-0.4, -0.2) is 31.5 Å². The SMILES string of the molecule is COC[C@@H](O)CNC(C)(C)c1cccc(C(F)(F)F)c1. The van der Waals surface area contributed by atoms with Gasteiger partial charge in [0.1, 0.15) is 0 Å². The summed E-state index contributed by atoms with van der Waals surface area (Å²) in [5.41, 5.74) is -0.852. The fourth-order valence-electron chi connectivity index (χ4n) is 1.81. The Bertz CT molecular complexity index is 433. The first kappa shape index (κ1) is 16.9. The molecule has 114 valence electrons. The molecule has 1 aromatic rings. The molecule has 20 heavy (non-hydrogen) atoms. The van der Waals surface area contributed by atoms with Crippen molar-refractivity contribution in [1.82, 2.24) is 5.32 Å². The molecule has 2 N–H and O–H groups in total. The average molecular weight is 291 g/mol. The van der Waals surface area contributed by atoms with E-state index >= 15 is 0 Å². The monoisotopic (exact) mass is 291 g/mol. The van der Waals surface area contributed by atoms with Gasteiger partial charge in [-0.25, -0.2) is 0 Å². The summed E-state index contributed by atoms with van der Waals surface area (Å²) in [7, 11) is 1.47. The van der Waals surface area contributed by atoms with Crippen molar-refractivity contribution < 1.29 is 23.0 Å². The second-order valence-corrected chi connectivity index (χ2v) is 5.19. The summed E-state index contributed by atoms with van der Waals surface area (Å²) < 4.78 is 42.9. The number of methoxy groups -OCH3 is 1. The summed E-state index contributed by atoms with van der Waals surface area (Å²) >= 11 is 0. The van der Waals surface area contributed by atoms with Crippen LogP contribution in [0.1, 0.15) is 25.0 Å². The van der Waals surface area contributed by atoms with Crippen LogP contribution in [0, 0.1) is 0 Å². The summed E-state index contributed by atoms with van der Waals surface area (Å²) in [5, 5.41) is 12.6. The Morgan fingerprint density at radius 1 is 1.25 bits per heavy atom. The number of aliphatic hydroxyl groups excluding tert-OH is 1. The lowest BCUT2D eigenvalue weighted by molar-refractivity contribution is -0.137. The third kappa shape index (κ3) is 4.77. The Balaban J connectivity index is 2.81. The molecule has 0 spiro atoms. The highest BCUT2D eigenvalue weighted by molar-refractivity contribution is 5.30. The largest absolute Gasteiger partial charge is 0.416 e. The van der Waals surface area contributed by atoms with Crippen molar-refractivity contribution in [1.29, 1.82) is 0 Å². The Kier molecular flexibility index (Phi) is 5.56. The van der Waals surface area contributed by atoms with Gasteiger partial charge in [-0.3, -0.25) is 0 Å². The highest BCUT2D eigenvalue weighted by atomic mass is 19.4. The first-order chi connectivity index (χ1) is 9.16. The molecule has 1 atom stereocenters. The van der Waals surface area contributed by atoms with Gasteiger partial charge in [-0.15, -0.1) is 0 Å². The molecule has 0 radical (unpaired) electrons. The van der Waals surface area contributed by atoms with Gasteiger partial charge in [0.25, 0.3) is 0 Å². The smallest absolute Gasteiger partial charge is 0.389 e. The van der Waals surface area contributed by atoms with E-state index < -0.39 is 23.4 Å². The number of alkyl halides is 3. The summed E-state index contributed by atoms with van der Waals surface area (Å²) in [4.78, 5) is 0. The molecule has 0 aliphatic carbocycles. The van der Waals surface area contributed by atoms with E-state index in [9.17, 15) is 18.3 Å². The Hall–Kier alpha value is -1.11. The molecule has 0 aliphatic rings. The fraction of sp³-hybridized carbons (Fsp3) is 0.571. The first-order valence-electron chi connectivity index (χ1n) is 6.26. The van der Waals surface area contributed by atoms with Gasteiger partial charge in [0, 0.05) is 19.2 Å². The molecule has 1 rings (SSSR count). The zero-order valence-corrected chi connectivity index (χ0v) is 11.8. The maximum atomic E-state index is 12.7. The van der Waals surface area contributed by atoms with Gasteiger partial charge < -0.3 is 15.2 Å². The molecule has 1 aromatic carbocycles. The lowest BCUT2D eigenvalue weighted by Crippen LogP contribution is -2.42. The molecule has 0 aromatic heterocycles. The number of rotatable bonds is 6. The molecule has 0 heterocycles. The van der Waals surface area contributed by atoms with Crippen LogP contribution in [0.5, 0.6) is 0 Å². The third-order valence-electron chi connectivity index (χ3n) is 3.05. The Morgan fingerprint density at radius 3 is 2.40 bits per heavy atom. The number of hydrogen-bond donors (Lipinski definition) is 2. The maximum Gasteiger partial charge on any atom is 0.416 e. The van der Waals surface area contributed by atoms with E-state index in [-0.39, 0.29) is 13.2 Å². The summed E-state index contributed by atoms with van der Waals surface area (Å²) in [6, 6.07) is 5.17. The van der Waals surface area contributed by atoms with Crippen molar-refractivity contribution in [3.8, 4) is 0 Å². The molecule has 0 bridgehead atoms. The van der Waals surface area contributed by atoms with Gasteiger partial charge in [-0.2, -0.15) is 13.2 Å². The van der Waals surface area contributed by atoms with Crippen LogP contribution in [0.15, 0.2) is 24.3 Å². The zero-order chi connectivity index (χ0) is 15.4. The molecule has 3 nitrogen and oxygen atoms in total. The standard InChI is InChI=1S/C14H20F3NO2/c1-13(2,18-8-12(19)9-20-3)10-5-4-6-11(7-10)14(15,16)17/h4-7,12,18-19H,8-9H2,1-3H3/t12-/m0/s1. The number of ether oxygens (including phenoxy) is 1. The predicted octanol–water partition coefficient (Wildman–Crippen LogP) is 2.54. The van der Waals surface area contributed by atoms with E-state index in [1.165, 1.54) is 13.2 Å². The van der Waals surface area contributed by atoms with E-state index in [0.29, 0.717) is 5.56 Å². The molecule has 0 saturated carbocycles. The first-order valence-corrected chi connectivity index (χ1v) is 6.26. The van der Waals surface area contributed by atoms with Crippen molar-refractivity contribution in [2.45, 2.75) is 31.7 Å². The van der Waals surface area contributed by atoms with Gasteiger partial charge in [-0.1, -0.05) is 12.1 Å². The van der Waals surface area contributed by atoms with Crippen LogP contribution in [0.3, 0.4) is 0 Å². The highest BCUT2D eigenvalue weighted by Gasteiger charge is 2.32. The number of benzene rings is 1. The molecule has 0 amide bonds.